The second kappa shape index (κ2) is 15.6. The fourth-order valence-corrected chi connectivity index (χ4v) is 6.14. The lowest BCUT2D eigenvalue weighted by Gasteiger charge is -2.39. The Kier molecular flexibility index (Phi) is 12.0. The van der Waals surface area contributed by atoms with Crippen molar-refractivity contribution >= 4 is 31.8 Å². The summed E-state index contributed by atoms with van der Waals surface area (Å²) in [6.07, 6.45) is -0.112. The normalized spacial score (nSPS) is 26.9. The maximum atomic E-state index is 11.8. The number of amides is 1. The summed E-state index contributed by atoms with van der Waals surface area (Å²) < 4.78 is 46.5. The van der Waals surface area contributed by atoms with Gasteiger partial charge in [-0.05, 0) is 46.8 Å². The summed E-state index contributed by atoms with van der Waals surface area (Å²) in [7, 11) is -0.420. The first-order valence-electron chi connectivity index (χ1n) is 13.4. The Hall–Kier alpha value is -1.88. The van der Waals surface area contributed by atoms with Gasteiger partial charge in [-0.15, -0.1) is 0 Å². The molecule has 0 aromatic rings. The van der Waals surface area contributed by atoms with E-state index in [0.29, 0.717) is 32.1 Å². The Bertz CT molecular complexity index is 915. The predicted octanol–water partition coefficient (Wildman–Crippen LogP) is 2.03. The number of nitriles is 1. The van der Waals surface area contributed by atoms with Gasteiger partial charge in [-0.3, -0.25) is 4.79 Å². The first-order valence-corrected chi connectivity index (χ1v) is 13.8. The number of thiocarbonyl (C=S) groups is 1. The zero-order valence-corrected chi connectivity index (χ0v) is 24.3. The van der Waals surface area contributed by atoms with E-state index in [0.717, 1.165) is 0 Å². The third-order valence-corrected chi connectivity index (χ3v) is 8.16. The van der Waals surface area contributed by atoms with Crippen molar-refractivity contribution in [3.05, 3.63) is 24.7 Å². The summed E-state index contributed by atoms with van der Waals surface area (Å²) in [6.45, 7) is 14.0. The lowest BCUT2D eigenvalue weighted by atomic mass is 10.1. The first kappa shape index (κ1) is 29.1. The lowest BCUT2D eigenvalue weighted by Crippen LogP contribution is -2.51. The molecule has 1 amide bonds. The highest BCUT2D eigenvalue weighted by atomic mass is 32.1. The van der Waals surface area contributed by atoms with Crippen LogP contribution in [0.4, 0.5) is 0 Å². The zero-order valence-electron chi connectivity index (χ0n) is 24.6. The van der Waals surface area contributed by atoms with Crippen LogP contribution in [-0.2, 0) is 28.1 Å². The highest BCUT2D eigenvalue weighted by Gasteiger charge is 2.51. The number of carbonyl (C=O) groups excluding carboxylic acids is 1. The number of rotatable bonds is 9. The number of morpholine rings is 1. The molecule has 0 bridgehead atoms. The number of hydrogen-bond acceptors (Lipinski definition) is 11. The summed E-state index contributed by atoms with van der Waals surface area (Å²) >= 11 is 5.64. The number of nitrogens with zero attached hydrogens (tertiary/aromatic N) is 4. The summed E-state index contributed by atoms with van der Waals surface area (Å²) in [4.78, 5) is 15.4. The summed E-state index contributed by atoms with van der Waals surface area (Å²) in [5, 5.41) is 15.6. The molecule has 3 heterocycles. The van der Waals surface area contributed by atoms with E-state index in [1.54, 1.807) is 11.1 Å². The quantitative estimate of drug-likeness (QED) is 0.308. The second-order valence-electron chi connectivity index (χ2n) is 8.98. The molecule has 0 radical (unpaired) electrons. The number of carbonyl (C=O) groups is 1. The molecule has 3 aliphatic rings. The van der Waals surface area contributed by atoms with Crippen molar-refractivity contribution in [2.24, 2.45) is 0 Å². The van der Waals surface area contributed by atoms with Gasteiger partial charge in [0.1, 0.15) is 18.5 Å². The van der Waals surface area contributed by atoms with Crippen molar-refractivity contribution in [2.75, 3.05) is 40.0 Å². The van der Waals surface area contributed by atoms with E-state index in [2.05, 4.69) is 21.7 Å². The Morgan fingerprint density at radius 2 is 2.11 bits per heavy atom. The van der Waals surface area contributed by atoms with Crippen LogP contribution in [0.1, 0.15) is 36.0 Å². The molecular weight excluding hydrogens is 533 g/mol. The third kappa shape index (κ3) is 8.31. The molecule has 0 spiro atoms. The topological polar surface area (TPSA) is 129 Å². The minimum atomic E-state index is -1.71. The standard InChI is InChI=1S/C23H36N5O6PS.CH4O/c1-15(2)28(16(3)4)35(31-12-8-24)34-20-17(5)32-22(27-9-7-19(29)25-18(27)6)21(20)33-23(36)26-10-13-30-14-11-26;1-2/h7,9,15-17,20-22H,6,10-14H2,1-5H3,(H,25,29);2H,1H3/t17-,20+,21?,22-,35?;/m1./s1/i5D;2T. The van der Waals surface area contributed by atoms with Gasteiger partial charge in [0.2, 0.25) is 1.43 Å². The Labute approximate surface area is 234 Å². The summed E-state index contributed by atoms with van der Waals surface area (Å²) in [5.74, 6) is 0.00470. The molecule has 2 unspecified atom stereocenters. The average molecular weight is 577 g/mol. The lowest BCUT2D eigenvalue weighted by molar-refractivity contribution is -0.118. The third-order valence-electron chi connectivity index (χ3n) is 5.73. The molecule has 0 aliphatic carbocycles. The Morgan fingerprint density at radius 3 is 2.66 bits per heavy atom. The van der Waals surface area contributed by atoms with Crippen LogP contribution in [0.3, 0.4) is 0 Å². The van der Waals surface area contributed by atoms with Crippen LogP contribution >= 0.6 is 20.7 Å². The maximum Gasteiger partial charge on any atom is 0.260 e. The van der Waals surface area contributed by atoms with Crippen LogP contribution < -0.4 is 5.32 Å². The van der Waals surface area contributed by atoms with Crippen LogP contribution in [0.5, 0.6) is 0 Å². The smallest absolute Gasteiger partial charge is 0.260 e. The van der Waals surface area contributed by atoms with Crippen LogP contribution in [-0.4, -0.2) is 109 Å². The molecular formula is C24H40N5O7PS. The first-order chi connectivity index (χ1) is 19.1. The SMILES string of the molecule is [2H]C[C@H]1O[C@@H](N2C=CC(=O)NC2=C)C(OC(=S)N2CCOCC2)[C@H]1OP(OCC#N)N(C(C)C)C(C)C.[3H]OC. The second-order valence-corrected chi connectivity index (χ2v) is 10.7. The van der Waals surface area contributed by atoms with E-state index in [1.807, 2.05) is 38.7 Å². The monoisotopic (exact) mass is 576 g/mol. The van der Waals surface area contributed by atoms with Gasteiger partial charge >= 0.3 is 0 Å². The number of aliphatic hydroxyl groups is 1. The van der Waals surface area contributed by atoms with Crippen molar-refractivity contribution in [2.45, 2.75) is 71.2 Å². The molecule has 214 valence electrons. The summed E-state index contributed by atoms with van der Waals surface area (Å²) in [5.41, 5.74) is 0. The number of ether oxygens (including phenoxy) is 3. The van der Waals surface area contributed by atoms with Crippen molar-refractivity contribution in [3.8, 4) is 6.07 Å². The van der Waals surface area contributed by atoms with Gasteiger partial charge in [0, 0.05) is 45.9 Å². The van der Waals surface area contributed by atoms with Crippen LogP contribution in [0.2, 0.25) is 0 Å². The molecule has 12 nitrogen and oxygen atoms in total. The van der Waals surface area contributed by atoms with Gasteiger partial charge in [0.15, 0.2) is 12.3 Å². The van der Waals surface area contributed by atoms with E-state index >= 15 is 0 Å². The van der Waals surface area contributed by atoms with E-state index in [1.165, 1.54) is 13.2 Å². The number of aliphatic hydroxyl groups excluding tert-OH is 1. The Balaban J connectivity index is 0.00000178. The van der Waals surface area contributed by atoms with Crippen molar-refractivity contribution in [1.82, 2.24) is 19.8 Å². The fraction of sp³-hybridized carbons (Fsp3) is 0.708. The molecule has 0 saturated carbocycles. The molecule has 3 rings (SSSR count). The van der Waals surface area contributed by atoms with Gasteiger partial charge in [-0.1, -0.05) is 6.58 Å². The van der Waals surface area contributed by atoms with Crippen molar-refractivity contribution in [1.29, 1.82) is 6.69 Å². The van der Waals surface area contributed by atoms with Crippen molar-refractivity contribution < 1.29 is 34.5 Å². The van der Waals surface area contributed by atoms with Gasteiger partial charge < -0.3 is 43.5 Å². The highest BCUT2D eigenvalue weighted by Crippen LogP contribution is 2.49. The van der Waals surface area contributed by atoms with Crippen molar-refractivity contribution in [3.63, 3.8) is 0 Å². The Morgan fingerprint density at radius 1 is 1.45 bits per heavy atom. The molecule has 3 aliphatic heterocycles. The van der Waals surface area contributed by atoms with E-state index < -0.39 is 33.1 Å². The highest BCUT2D eigenvalue weighted by molar-refractivity contribution is 7.80. The molecule has 14 heteroatoms. The molecule has 0 aromatic carbocycles. The molecule has 2 fully saturated rings. The molecule has 38 heavy (non-hydrogen) atoms. The molecule has 2 N–H and O–H groups in total. The maximum absolute atomic E-state index is 11.8. The summed E-state index contributed by atoms with van der Waals surface area (Å²) in [6, 6.07) is 2.14. The fourth-order valence-electron chi connectivity index (χ4n) is 4.16. The van der Waals surface area contributed by atoms with E-state index in [4.69, 9.17) is 38.3 Å². The molecule has 2 saturated heterocycles. The predicted molar refractivity (Wildman–Crippen MR) is 146 cm³/mol. The van der Waals surface area contributed by atoms with Gasteiger partial charge in [-0.2, -0.15) is 5.26 Å². The molecule has 5 atom stereocenters. The minimum absolute atomic E-state index is 0.0613. The minimum Gasteiger partial charge on any atom is -0.460 e. The van der Waals surface area contributed by atoms with Crippen LogP contribution in [0, 0.1) is 11.3 Å². The van der Waals surface area contributed by atoms with Gasteiger partial charge in [0.05, 0.1) is 25.4 Å². The number of hydrogen-bond donors (Lipinski definition) is 2. The zero-order chi connectivity index (χ0) is 29.8. The van der Waals surface area contributed by atoms with Gasteiger partial charge in [0.25, 0.3) is 19.6 Å². The molecule has 0 aromatic heterocycles. The average Bonchev–Trinajstić information content (AvgIpc) is 3.24. The van der Waals surface area contributed by atoms with Gasteiger partial charge in [-0.25, -0.2) is 4.67 Å². The van der Waals surface area contributed by atoms with Crippen LogP contribution in [0.15, 0.2) is 24.7 Å². The van der Waals surface area contributed by atoms with E-state index in [-0.39, 0.29) is 36.7 Å². The van der Waals surface area contributed by atoms with E-state index in [9.17, 15) is 10.1 Å². The van der Waals surface area contributed by atoms with Crippen LogP contribution in [0.25, 0.3) is 0 Å². The number of nitrogens with one attached hydrogen (secondary N) is 1. The largest absolute Gasteiger partial charge is 0.460 e.